The molecule has 2 heterocycles. The summed E-state index contributed by atoms with van der Waals surface area (Å²) in [4.78, 5) is 6.79. The van der Waals surface area contributed by atoms with E-state index in [0.29, 0.717) is 28.5 Å². The van der Waals surface area contributed by atoms with E-state index in [0.717, 1.165) is 35.4 Å². The Hall–Kier alpha value is -3.39. The van der Waals surface area contributed by atoms with Gasteiger partial charge in [-0.2, -0.15) is 4.98 Å². The maximum Gasteiger partial charge on any atom is 0.258 e. The van der Waals surface area contributed by atoms with Gasteiger partial charge in [0.25, 0.3) is 5.89 Å². The van der Waals surface area contributed by atoms with E-state index in [9.17, 15) is 5.11 Å². The van der Waals surface area contributed by atoms with Gasteiger partial charge in [0, 0.05) is 17.8 Å². The molecule has 2 N–H and O–H groups in total. The normalized spacial score (nSPS) is 16.3. The van der Waals surface area contributed by atoms with Crippen LogP contribution >= 0.6 is 12.2 Å². The topological polar surface area (TPSA) is 83.7 Å². The minimum Gasteiger partial charge on any atom is -0.504 e. The lowest BCUT2D eigenvalue weighted by atomic mass is 9.94. The summed E-state index contributed by atoms with van der Waals surface area (Å²) in [6.45, 7) is 7.17. The number of phenols is 1. The Balaban J connectivity index is 1.80. The molecule has 0 amide bonds. The Kier molecular flexibility index (Phi) is 6.65. The van der Waals surface area contributed by atoms with E-state index in [4.69, 9.17) is 26.5 Å². The van der Waals surface area contributed by atoms with Crippen LogP contribution in [0.4, 0.5) is 0 Å². The molecule has 1 atom stereocenters. The van der Waals surface area contributed by atoms with Gasteiger partial charge in [0.1, 0.15) is 0 Å². The number of methoxy groups -OCH3 is 1. The molecule has 2 aromatic carbocycles. The van der Waals surface area contributed by atoms with Gasteiger partial charge in [0.05, 0.1) is 18.7 Å². The van der Waals surface area contributed by atoms with Gasteiger partial charge in [-0.1, -0.05) is 55.4 Å². The monoisotopic (exact) mass is 464 g/mol. The smallest absolute Gasteiger partial charge is 0.258 e. The summed E-state index contributed by atoms with van der Waals surface area (Å²) in [7, 11) is 1.52. The first-order valence-corrected chi connectivity index (χ1v) is 11.3. The molecule has 0 fully saturated rings. The summed E-state index contributed by atoms with van der Waals surface area (Å²) >= 11 is 5.73. The number of benzene rings is 2. The number of nitrogens with zero attached hydrogens (tertiary/aromatic N) is 3. The predicted octanol–water partition coefficient (Wildman–Crippen LogP) is 5.16. The molecule has 0 bridgehead atoms. The summed E-state index contributed by atoms with van der Waals surface area (Å²) in [5.74, 6) is 1.92. The second-order valence-corrected chi connectivity index (χ2v) is 8.82. The van der Waals surface area contributed by atoms with Crippen LogP contribution in [0.5, 0.6) is 11.5 Å². The summed E-state index contributed by atoms with van der Waals surface area (Å²) in [6.07, 6.45) is 0.986. The molecule has 0 aliphatic carbocycles. The van der Waals surface area contributed by atoms with Crippen molar-refractivity contribution in [1.82, 2.24) is 20.4 Å². The number of ether oxygens (including phenoxy) is 1. The molecule has 8 heteroatoms. The van der Waals surface area contributed by atoms with Gasteiger partial charge in [-0.05, 0) is 49.2 Å². The zero-order valence-corrected chi connectivity index (χ0v) is 20.0. The average Bonchev–Trinajstić information content (AvgIpc) is 3.28. The number of hydrogen-bond donors (Lipinski definition) is 2. The highest BCUT2D eigenvalue weighted by molar-refractivity contribution is 7.80. The van der Waals surface area contributed by atoms with Crippen molar-refractivity contribution in [3.05, 3.63) is 65.7 Å². The molecule has 0 saturated carbocycles. The number of aromatic nitrogens is 2. The summed E-state index contributed by atoms with van der Waals surface area (Å²) in [6, 6.07) is 14.6. The van der Waals surface area contributed by atoms with E-state index in [1.54, 1.807) is 12.1 Å². The van der Waals surface area contributed by atoms with Gasteiger partial charge in [0.2, 0.25) is 5.82 Å². The molecular weight excluding hydrogens is 436 g/mol. The molecule has 0 spiro atoms. The number of thiocarbonyl (C=S) groups is 1. The number of nitrogens with one attached hydrogen (secondary N) is 1. The SMILES string of the molecule is COc1ccc(C2NC(=S)N(CCC(C)C)C(C)=C2c2nc(-c3ccccc3)no2)cc1O. The Labute approximate surface area is 199 Å². The minimum atomic E-state index is -0.367. The Morgan fingerprint density at radius 2 is 1.97 bits per heavy atom. The fourth-order valence-corrected chi connectivity index (χ4v) is 4.23. The van der Waals surface area contributed by atoms with E-state index in [2.05, 4.69) is 29.2 Å². The number of rotatable bonds is 7. The maximum atomic E-state index is 10.4. The van der Waals surface area contributed by atoms with Crippen LogP contribution in [0.1, 0.15) is 44.7 Å². The minimum absolute atomic E-state index is 0.0532. The standard InChI is InChI=1S/C25H28N4O3S/c1-15(2)12-13-29-16(3)21(24-27-23(28-32-24)17-8-6-5-7-9-17)22(26-25(29)33)18-10-11-20(31-4)19(30)14-18/h5-11,14-15,22,30H,12-13H2,1-4H3,(H,26,33). The van der Waals surface area contributed by atoms with E-state index in [1.165, 1.54) is 7.11 Å². The summed E-state index contributed by atoms with van der Waals surface area (Å²) in [5.41, 5.74) is 3.46. The molecule has 0 saturated heterocycles. The second kappa shape index (κ2) is 9.62. The zero-order valence-electron chi connectivity index (χ0n) is 19.2. The van der Waals surface area contributed by atoms with Crippen LogP contribution in [0.2, 0.25) is 0 Å². The fourth-order valence-electron chi connectivity index (χ4n) is 3.89. The second-order valence-electron chi connectivity index (χ2n) is 8.44. The first-order chi connectivity index (χ1) is 15.9. The van der Waals surface area contributed by atoms with Crippen LogP contribution in [0, 0.1) is 5.92 Å². The van der Waals surface area contributed by atoms with Crippen LogP contribution in [-0.4, -0.2) is 38.9 Å². The van der Waals surface area contributed by atoms with E-state index >= 15 is 0 Å². The van der Waals surface area contributed by atoms with Gasteiger partial charge < -0.3 is 24.6 Å². The highest BCUT2D eigenvalue weighted by atomic mass is 32.1. The van der Waals surface area contributed by atoms with E-state index < -0.39 is 0 Å². The third-order valence-corrected chi connectivity index (χ3v) is 6.09. The van der Waals surface area contributed by atoms with E-state index in [1.807, 2.05) is 43.3 Å². The lowest BCUT2D eigenvalue weighted by molar-refractivity contribution is 0.372. The molecule has 7 nitrogen and oxygen atoms in total. The number of aromatic hydroxyl groups is 1. The van der Waals surface area contributed by atoms with Crippen LogP contribution < -0.4 is 10.1 Å². The zero-order chi connectivity index (χ0) is 23.5. The van der Waals surface area contributed by atoms with Crippen molar-refractivity contribution in [2.75, 3.05) is 13.7 Å². The molecule has 1 unspecified atom stereocenters. The van der Waals surface area contributed by atoms with Crippen molar-refractivity contribution in [1.29, 1.82) is 0 Å². The van der Waals surface area contributed by atoms with Crippen LogP contribution in [0.25, 0.3) is 17.0 Å². The molecule has 4 rings (SSSR count). The summed E-state index contributed by atoms with van der Waals surface area (Å²) < 4.78 is 11.0. The lowest BCUT2D eigenvalue weighted by Gasteiger charge is -2.37. The Bertz CT molecular complexity index is 1170. The van der Waals surface area contributed by atoms with Gasteiger partial charge in [0.15, 0.2) is 16.6 Å². The molecule has 172 valence electrons. The van der Waals surface area contributed by atoms with Crippen molar-refractivity contribution in [3.63, 3.8) is 0 Å². The van der Waals surface area contributed by atoms with Gasteiger partial charge >= 0.3 is 0 Å². The molecule has 0 radical (unpaired) electrons. The summed E-state index contributed by atoms with van der Waals surface area (Å²) in [5, 5.41) is 18.7. The van der Waals surface area contributed by atoms with Crippen LogP contribution in [0.3, 0.4) is 0 Å². The third kappa shape index (κ3) is 4.71. The Morgan fingerprint density at radius 3 is 2.64 bits per heavy atom. The highest BCUT2D eigenvalue weighted by Gasteiger charge is 2.34. The molecule has 3 aromatic rings. The van der Waals surface area contributed by atoms with Crippen molar-refractivity contribution in [2.24, 2.45) is 5.92 Å². The van der Waals surface area contributed by atoms with Gasteiger partial charge in [-0.3, -0.25) is 0 Å². The Morgan fingerprint density at radius 1 is 1.21 bits per heavy atom. The molecular formula is C25H28N4O3S. The van der Waals surface area contributed by atoms with Crippen LogP contribution in [0.15, 0.2) is 58.8 Å². The third-order valence-electron chi connectivity index (χ3n) is 5.75. The van der Waals surface area contributed by atoms with Crippen molar-refractivity contribution in [2.45, 2.75) is 33.2 Å². The largest absolute Gasteiger partial charge is 0.504 e. The fraction of sp³-hybridized carbons (Fsp3) is 0.320. The quantitative estimate of drug-likeness (QED) is 0.464. The predicted molar refractivity (Wildman–Crippen MR) is 132 cm³/mol. The van der Waals surface area contributed by atoms with Crippen molar-refractivity contribution < 1.29 is 14.4 Å². The molecule has 1 aliphatic rings. The molecule has 1 aromatic heterocycles. The highest BCUT2D eigenvalue weighted by Crippen LogP contribution is 2.40. The molecule has 1 aliphatic heterocycles. The first-order valence-electron chi connectivity index (χ1n) is 10.9. The van der Waals surface area contributed by atoms with E-state index in [-0.39, 0.29) is 11.8 Å². The number of allylic oxidation sites excluding steroid dienone is 1. The first kappa shape index (κ1) is 22.8. The van der Waals surface area contributed by atoms with Crippen LogP contribution in [-0.2, 0) is 0 Å². The van der Waals surface area contributed by atoms with Crippen molar-refractivity contribution >= 4 is 22.9 Å². The maximum absolute atomic E-state index is 10.4. The molecule has 33 heavy (non-hydrogen) atoms. The average molecular weight is 465 g/mol. The van der Waals surface area contributed by atoms with Gasteiger partial charge in [-0.15, -0.1) is 0 Å². The number of hydrogen-bond acceptors (Lipinski definition) is 6. The van der Waals surface area contributed by atoms with Gasteiger partial charge in [-0.25, -0.2) is 0 Å². The number of phenolic OH excluding ortho intramolecular Hbond substituents is 1. The lowest BCUT2D eigenvalue weighted by Crippen LogP contribution is -2.46. The van der Waals surface area contributed by atoms with Crippen molar-refractivity contribution in [3.8, 4) is 22.9 Å².